The molecule has 132 valence electrons. The molecule has 10 heteroatoms. The molecular weight excluding hydrogens is 313 g/mol. The van der Waals surface area contributed by atoms with Gasteiger partial charge in [-0.3, -0.25) is 4.99 Å². The molecule has 0 bridgehead atoms. The molecule has 23 heavy (non-hydrogen) atoms. The van der Waals surface area contributed by atoms with Crippen molar-refractivity contribution in [1.29, 1.82) is 0 Å². The Hall–Kier alpha value is -1.84. The third-order valence-electron chi connectivity index (χ3n) is 2.90. The zero-order valence-electron chi connectivity index (χ0n) is 13.4. The standard InChI is InChI=1S/C13H23F3N6O/c1-3-11-21-20-10-22(11)7-6-19-12(17-2)18-5-4-8-23-9-13(14,15)16/h10H,3-9H2,1-2H3,(H2,17,18,19). The van der Waals surface area contributed by atoms with Crippen LogP contribution < -0.4 is 10.6 Å². The highest BCUT2D eigenvalue weighted by Crippen LogP contribution is 2.14. The Balaban J connectivity index is 2.13. The maximum absolute atomic E-state index is 11.9. The van der Waals surface area contributed by atoms with E-state index in [1.807, 2.05) is 11.5 Å². The fraction of sp³-hybridized carbons (Fsp3) is 0.769. The van der Waals surface area contributed by atoms with Crippen molar-refractivity contribution in [3.8, 4) is 0 Å². The van der Waals surface area contributed by atoms with Gasteiger partial charge in [-0.05, 0) is 6.42 Å². The van der Waals surface area contributed by atoms with Crippen molar-refractivity contribution in [2.24, 2.45) is 4.99 Å². The normalized spacial score (nSPS) is 12.5. The lowest BCUT2D eigenvalue weighted by Gasteiger charge is -2.13. The molecule has 1 heterocycles. The van der Waals surface area contributed by atoms with Crippen molar-refractivity contribution in [2.75, 3.05) is 33.4 Å². The molecule has 0 unspecified atom stereocenters. The van der Waals surface area contributed by atoms with Gasteiger partial charge in [0.2, 0.25) is 0 Å². The van der Waals surface area contributed by atoms with Gasteiger partial charge in [0.15, 0.2) is 5.96 Å². The molecule has 0 radical (unpaired) electrons. The van der Waals surface area contributed by atoms with Crippen LogP contribution in [0.4, 0.5) is 13.2 Å². The Morgan fingerprint density at radius 3 is 2.74 bits per heavy atom. The third-order valence-corrected chi connectivity index (χ3v) is 2.90. The fourth-order valence-corrected chi connectivity index (χ4v) is 1.82. The Morgan fingerprint density at radius 2 is 2.09 bits per heavy atom. The molecule has 1 aromatic rings. The van der Waals surface area contributed by atoms with E-state index in [2.05, 4.69) is 30.6 Å². The Bertz CT molecular complexity index is 475. The van der Waals surface area contributed by atoms with Crippen LogP contribution in [0.15, 0.2) is 11.3 Å². The summed E-state index contributed by atoms with van der Waals surface area (Å²) < 4.78 is 42.1. The zero-order chi connectivity index (χ0) is 17.1. The van der Waals surface area contributed by atoms with Crippen LogP contribution in [-0.4, -0.2) is 60.3 Å². The van der Waals surface area contributed by atoms with Crippen molar-refractivity contribution in [3.63, 3.8) is 0 Å². The van der Waals surface area contributed by atoms with Gasteiger partial charge in [0.1, 0.15) is 18.8 Å². The van der Waals surface area contributed by atoms with E-state index in [4.69, 9.17) is 0 Å². The molecule has 0 aliphatic carbocycles. The van der Waals surface area contributed by atoms with Gasteiger partial charge in [-0.1, -0.05) is 6.92 Å². The van der Waals surface area contributed by atoms with Gasteiger partial charge in [-0.15, -0.1) is 10.2 Å². The second-order valence-electron chi connectivity index (χ2n) is 4.74. The number of guanidine groups is 1. The quantitative estimate of drug-likeness (QED) is 0.399. The number of aryl methyl sites for hydroxylation is 1. The highest BCUT2D eigenvalue weighted by molar-refractivity contribution is 5.79. The Kier molecular flexibility index (Phi) is 8.38. The molecule has 1 rings (SSSR count). The van der Waals surface area contributed by atoms with Gasteiger partial charge in [-0.25, -0.2) is 0 Å². The number of aromatic nitrogens is 3. The minimum atomic E-state index is -4.27. The predicted octanol–water partition coefficient (Wildman–Crippen LogP) is 0.974. The minimum absolute atomic E-state index is 0.0457. The lowest BCUT2D eigenvalue weighted by molar-refractivity contribution is -0.173. The molecule has 0 atom stereocenters. The lowest BCUT2D eigenvalue weighted by Crippen LogP contribution is -2.39. The number of aliphatic imine (C=N–C) groups is 1. The van der Waals surface area contributed by atoms with Crippen molar-refractivity contribution in [2.45, 2.75) is 32.5 Å². The summed E-state index contributed by atoms with van der Waals surface area (Å²) >= 11 is 0. The summed E-state index contributed by atoms with van der Waals surface area (Å²) in [5, 5.41) is 14.0. The molecule has 0 aromatic carbocycles. The number of nitrogens with one attached hydrogen (secondary N) is 2. The predicted molar refractivity (Wildman–Crippen MR) is 80.3 cm³/mol. The van der Waals surface area contributed by atoms with Crippen molar-refractivity contribution in [3.05, 3.63) is 12.2 Å². The molecular formula is C13H23F3N6O. The van der Waals surface area contributed by atoms with Crippen LogP contribution in [0.2, 0.25) is 0 Å². The molecule has 0 saturated heterocycles. The van der Waals surface area contributed by atoms with Crippen LogP contribution >= 0.6 is 0 Å². The molecule has 0 spiro atoms. The summed E-state index contributed by atoms with van der Waals surface area (Å²) in [6.07, 6.45) is -1.33. The molecule has 0 aliphatic heterocycles. The fourth-order valence-electron chi connectivity index (χ4n) is 1.82. The van der Waals surface area contributed by atoms with Crippen molar-refractivity contribution >= 4 is 5.96 Å². The van der Waals surface area contributed by atoms with Crippen LogP contribution in [0.3, 0.4) is 0 Å². The van der Waals surface area contributed by atoms with Gasteiger partial charge in [0, 0.05) is 39.7 Å². The van der Waals surface area contributed by atoms with Crippen LogP contribution in [0.25, 0.3) is 0 Å². The molecule has 2 N–H and O–H groups in total. The summed E-state index contributed by atoms with van der Waals surface area (Å²) in [6.45, 7) is 2.66. The maximum Gasteiger partial charge on any atom is 0.411 e. The zero-order valence-corrected chi connectivity index (χ0v) is 13.4. The largest absolute Gasteiger partial charge is 0.411 e. The van der Waals surface area contributed by atoms with Crippen LogP contribution in [0.1, 0.15) is 19.2 Å². The Labute approximate surface area is 133 Å². The van der Waals surface area contributed by atoms with Crippen LogP contribution in [-0.2, 0) is 17.7 Å². The first-order valence-corrected chi connectivity index (χ1v) is 7.42. The molecule has 1 aromatic heterocycles. The van der Waals surface area contributed by atoms with E-state index in [9.17, 15) is 13.2 Å². The minimum Gasteiger partial charge on any atom is -0.372 e. The first kappa shape index (κ1) is 19.2. The summed E-state index contributed by atoms with van der Waals surface area (Å²) in [6, 6.07) is 0. The van der Waals surface area contributed by atoms with Crippen LogP contribution in [0.5, 0.6) is 0 Å². The summed E-state index contributed by atoms with van der Waals surface area (Å²) in [5.41, 5.74) is 0. The molecule has 0 saturated carbocycles. The lowest BCUT2D eigenvalue weighted by atomic mass is 10.4. The second-order valence-corrected chi connectivity index (χ2v) is 4.74. The molecule has 0 amide bonds. The van der Waals surface area contributed by atoms with Gasteiger partial charge in [0.25, 0.3) is 0 Å². The highest BCUT2D eigenvalue weighted by Gasteiger charge is 2.27. The molecule has 7 nitrogen and oxygen atoms in total. The SMILES string of the molecule is CCc1nncn1CCNC(=NC)NCCCOCC(F)(F)F. The first-order valence-electron chi connectivity index (χ1n) is 7.42. The second kappa shape index (κ2) is 10.0. The van der Waals surface area contributed by atoms with Crippen molar-refractivity contribution in [1.82, 2.24) is 25.4 Å². The van der Waals surface area contributed by atoms with Gasteiger partial charge in [-0.2, -0.15) is 13.2 Å². The van der Waals surface area contributed by atoms with E-state index >= 15 is 0 Å². The smallest absolute Gasteiger partial charge is 0.372 e. The van der Waals surface area contributed by atoms with E-state index in [1.165, 1.54) is 0 Å². The van der Waals surface area contributed by atoms with Crippen LogP contribution in [0, 0.1) is 0 Å². The van der Waals surface area contributed by atoms with E-state index in [0.717, 1.165) is 12.2 Å². The average Bonchev–Trinajstić information content (AvgIpc) is 2.95. The van der Waals surface area contributed by atoms with Crippen molar-refractivity contribution < 1.29 is 17.9 Å². The van der Waals surface area contributed by atoms with Gasteiger partial charge < -0.3 is 19.9 Å². The average molecular weight is 336 g/mol. The number of nitrogens with zero attached hydrogens (tertiary/aromatic N) is 4. The highest BCUT2D eigenvalue weighted by atomic mass is 19.4. The number of rotatable bonds is 9. The summed E-state index contributed by atoms with van der Waals surface area (Å²) in [5.74, 6) is 1.50. The van der Waals surface area contributed by atoms with E-state index in [-0.39, 0.29) is 6.61 Å². The van der Waals surface area contributed by atoms with Gasteiger partial charge in [0.05, 0.1) is 0 Å². The number of alkyl halides is 3. The maximum atomic E-state index is 11.9. The monoisotopic (exact) mass is 336 g/mol. The molecule has 0 fully saturated rings. The topological polar surface area (TPSA) is 76.4 Å². The summed E-state index contributed by atoms with van der Waals surface area (Å²) in [4.78, 5) is 4.04. The number of halogens is 3. The van der Waals surface area contributed by atoms with E-state index in [0.29, 0.717) is 32.0 Å². The third kappa shape index (κ3) is 8.38. The molecule has 0 aliphatic rings. The summed E-state index contributed by atoms with van der Waals surface area (Å²) in [7, 11) is 1.63. The van der Waals surface area contributed by atoms with E-state index in [1.54, 1.807) is 13.4 Å². The Morgan fingerprint density at radius 1 is 1.35 bits per heavy atom. The first-order chi connectivity index (χ1) is 11.0. The van der Waals surface area contributed by atoms with Gasteiger partial charge >= 0.3 is 6.18 Å². The number of hydrogen-bond donors (Lipinski definition) is 2. The number of hydrogen-bond acceptors (Lipinski definition) is 4. The number of ether oxygens (including phenoxy) is 1. The van der Waals surface area contributed by atoms with E-state index < -0.39 is 12.8 Å².